The van der Waals surface area contributed by atoms with E-state index in [9.17, 15) is 17.6 Å². The number of carbonyl (C=O) groups is 1. The van der Waals surface area contributed by atoms with E-state index >= 15 is 0 Å². The Balaban J connectivity index is 1.44. The minimum atomic E-state index is -3.62. The SMILES string of the molecule is O=C(c1ccn(-c2cccc(F)c2)n1)N1CCN(S(=O)(=O)c2cccc(Br)c2)CC1. The first kappa shape index (κ1) is 20.7. The molecule has 10 heteroatoms. The zero-order chi connectivity index (χ0) is 21.3. The van der Waals surface area contributed by atoms with E-state index < -0.39 is 15.8 Å². The van der Waals surface area contributed by atoms with Gasteiger partial charge in [0.05, 0.1) is 10.6 Å². The van der Waals surface area contributed by atoms with Gasteiger partial charge in [-0.15, -0.1) is 0 Å². The van der Waals surface area contributed by atoms with Crippen LogP contribution in [0.4, 0.5) is 4.39 Å². The summed E-state index contributed by atoms with van der Waals surface area (Å²) in [4.78, 5) is 14.6. The maximum atomic E-state index is 13.4. The fraction of sp³-hybridized carbons (Fsp3) is 0.200. The van der Waals surface area contributed by atoms with Gasteiger partial charge in [-0.3, -0.25) is 4.79 Å². The highest BCUT2D eigenvalue weighted by atomic mass is 79.9. The van der Waals surface area contributed by atoms with Crippen LogP contribution in [-0.2, 0) is 10.0 Å². The molecule has 1 aliphatic rings. The minimum absolute atomic E-state index is 0.200. The van der Waals surface area contributed by atoms with Crippen molar-refractivity contribution in [3.05, 3.63) is 76.8 Å². The number of nitrogens with zero attached hydrogens (tertiary/aromatic N) is 4. The van der Waals surface area contributed by atoms with Crippen molar-refractivity contribution in [3.63, 3.8) is 0 Å². The van der Waals surface area contributed by atoms with Crippen molar-refractivity contribution in [1.82, 2.24) is 19.0 Å². The highest BCUT2D eigenvalue weighted by molar-refractivity contribution is 9.10. The molecule has 0 spiro atoms. The minimum Gasteiger partial charge on any atom is -0.335 e. The second-order valence-electron chi connectivity index (χ2n) is 6.78. The van der Waals surface area contributed by atoms with E-state index in [0.29, 0.717) is 10.2 Å². The van der Waals surface area contributed by atoms with Crippen molar-refractivity contribution in [1.29, 1.82) is 0 Å². The Hall–Kier alpha value is -2.56. The van der Waals surface area contributed by atoms with Gasteiger partial charge in [0.25, 0.3) is 5.91 Å². The summed E-state index contributed by atoms with van der Waals surface area (Å²) in [6.07, 6.45) is 1.59. The number of piperazine rings is 1. The molecule has 1 amide bonds. The maximum absolute atomic E-state index is 13.4. The number of hydrogen-bond acceptors (Lipinski definition) is 4. The average molecular weight is 493 g/mol. The maximum Gasteiger partial charge on any atom is 0.274 e. The third-order valence-electron chi connectivity index (χ3n) is 4.84. The number of benzene rings is 2. The Morgan fingerprint density at radius 3 is 2.43 bits per heavy atom. The van der Waals surface area contributed by atoms with Gasteiger partial charge in [-0.2, -0.15) is 9.40 Å². The van der Waals surface area contributed by atoms with Crippen molar-refractivity contribution in [2.75, 3.05) is 26.2 Å². The van der Waals surface area contributed by atoms with Crippen LogP contribution in [0, 0.1) is 5.82 Å². The second kappa shape index (κ2) is 8.29. The molecule has 0 saturated carbocycles. The van der Waals surface area contributed by atoms with E-state index in [2.05, 4.69) is 21.0 Å². The van der Waals surface area contributed by atoms with Crippen molar-refractivity contribution in [2.24, 2.45) is 0 Å². The highest BCUT2D eigenvalue weighted by Gasteiger charge is 2.31. The quantitative estimate of drug-likeness (QED) is 0.561. The molecule has 0 bridgehead atoms. The molecule has 0 unspecified atom stereocenters. The van der Waals surface area contributed by atoms with Gasteiger partial charge in [-0.25, -0.2) is 17.5 Å². The molecular formula is C20H18BrFN4O3S. The van der Waals surface area contributed by atoms with E-state index in [1.807, 2.05) is 0 Å². The first-order valence-corrected chi connectivity index (χ1v) is 11.4. The van der Waals surface area contributed by atoms with Crippen LogP contribution in [0.3, 0.4) is 0 Å². The van der Waals surface area contributed by atoms with Crippen LogP contribution in [-0.4, -0.2) is 59.5 Å². The smallest absolute Gasteiger partial charge is 0.274 e. The van der Waals surface area contributed by atoms with Gasteiger partial charge >= 0.3 is 0 Å². The van der Waals surface area contributed by atoms with Gasteiger partial charge in [0.1, 0.15) is 5.82 Å². The third kappa shape index (κ3) is 4.16. The van der Waals surface area contributed by atoms with Gasteiger partial charge < -0.3 is 4.90 Å². The molecule has 0 radical (unpaired) electrons. The monoisotopic (exact) mass is 492 g/mol. The van der Waals surface area contributed by atoms with E-state index in [1.54, 1.807) is 53.6 Å². The molecule has 1 aliphatic heterocycles. The fourth-order valence-electron chi connectivity index (χ4n) is 3.27. The van der Waals surface area contributed by atoms with Crippen LogP contribution in [0.1, 0.15) is 10.5 Å². The lowest BCUT2D eigenvalue weighted by Crippen LogP contribution is -2.50. The molecule has 2 aromatic carbocycles. The van der Waals surface area contributed by atoms with Gasteiger partial charge in [-0.1, -0.05) is 28.1 Å². The number of aromatic nitrogens is 2. The van der Waals surface area contributed by atoms with Crippen LogP contribution in [0.5, 0.6) is 0 Å². The molecule has 30 heavy (non-hydrogen) atoms. The molecule has 0 N–H and O–H groups in total. The summed E-state index contributed by atoms with van der Waals surface area (Å²) in [6, 6.07) is 14.0. The van der Waals surface area contributed by atoms with E-state index in [0.717, 1.165) is 0 Å². The Kier molecular flexibility index (Phi) is 5.72. The van der Waals surface area contributed by atoms with Crippen LogP contribution in [0.15, 0.2) is 70.2 Å². The summed E-state index contributed by atoms with van der Waals surface area (Å²) in [6.45, 7) is 0.925. The molecule has 0 atom stereocenters. The predicted octanol–water partition coefficient (Wildman–Crippen LogP) is 2.92. The van der Waals surface area contributed by atoms with Gasteiger partial charge in [-0.05, 0) is 42.5 Å². The number of rotatable bonds is 4. The Bertz CT molecular complexity index is 1190. The van der Waals surface area contributed by atoms with Crippen molar-refractivity contribution in [3.8, 4) is 5.69 Å². The summed E-state index contributed by atoms with van der Waals surface area (Å²) < 4.78 is 42.6. The fourth-order valence-corrected chi connectivity index (χ4v) is 5.29. The second-order valence-corrected chi connectivity index (χ2v) is 9.63. The molecule has 3 aromatic rings. The Morgan fingerprint density at radius 2 is 1.73 bits per heavy atom. The topological polar surface area (TPSA) is 75.5 Å². The van der Waals surface area contributed by atoms with Crippen molar-refractivity contribution in [2.45, 2.75) is 4.90 Å². The number of carbonyl (C=O) groups excluding carboxylic acids is 1. The van der Waals surface area contributed by atoms with Crippen LogP contribution in [0.2, 0.25) is 0 Å². The third-order valence-corrected chi connectivity index (χ3v) is 7.23. The molecule has 4 rings (SSSR count). The summed E-state index contributed by atoms with van der Waals surface area (Å²) in [7, 11) is -3.62. The van der Waals surface area contributed by atoms with Gasteiger partial charge in [0.15, 0.2) is 5.69 Å². The number of halogens is 2. The lowest BCUT2D eigenvalue weighted by atomic mass is 10.3. The molecule has 1 saturated heterocycles. The molecule has 7 nitrogen and oxygen atoms in total. The molecule has 1 aromatic heterocycles. The summed E-state index contributed by atoms with van der Waals surface area (Å²) in [5.74, 6) is -0.677. The molecule has 1 fully saturated rings. The van der Waals surface area contributed by atoms with Crippen LogP contribution in [0.25, 0.3) is 5.69 Å². The summed E-state index contributed by atoms with van der Waals surface area (Å²) in [5, 5.41) is 4.24. The Labute approximate surface area is 181 Å². The molecule has 2 heterocycles. The van der Waals surface area contributed by atoms with Crippen LogP contribution >= 0.6 is 15.9 Å². The van der Waals surface area contributed by atoms with E-state index in [4.69, 9.17) is 0 Å². The number of sulfonamides is 1. The number of hydrogen-bond donors (Lipinski definition) is 0. The molecule has 156 valence electrons. The van der Waals surface area contributed by atoms with E-state index in [1.165, 1.54) is 21.1 Å². The first-order chi connectivity index (χ1) is 14.3. The summed E-state index contributed by atoms with van der Waals surface area (Å²) >= 11 is 3.29. The van der Waals surface area contributed by atoms with E-state index in [-0.39, 0.29) is 42.7 Å². The van der Waals surface area contributed by atoms with Gasteiger partial charge in [0, 0.05) is 36.8 Å². The first-order valence-electron chi connectivity index (χ1n) is 9.21. The zero-order valence-electron chi connectivity index (χ0n) is 15.8. The highest BCUT2D eigenvalue weighted by Crippen LogP contribution is 2.21. The average Bonchev–Trinajstić information content (AvgIpc) is 3.24. The predicted molar refractivity (Wildman–Crippen MR) is 112 cm³/mol. The standard InChI is InChI=1S/C20H18BrFN4O3S/c21-15-3-1-6-18(13-15)30(28,29)25-11-9-24(10-12-25)20(27)19-7-8-26(23-19)17-5-2-4-16(22)14-17/h1-8,13-14H,9-12H2. The molecular weight excluding hydrogens is 475 g/mol. The largest absolute Gasteiger partial charge is 0.335 e. The summed E-state index contributed by atoms with van der Waals surface area (Å²) in [5.41, 5.74) is 0.738. The normalized spacial score (nSPS) is 15.3. The Morgan fingerprint density at radius 1 is 1.00 bits per heavy atom. The zero-order valence-corrected chi connectivity index (χ0v) is 18.2. The lowest BCUT2D eigenvalue weighted by Gasteiger charge is -2.33. The van der Waals surface area contributed by atoms with Crippen LogP contribution < -0.4 is 0 Å². The van der Waals surface area contributed by atoms with Gasteiger partial charge in [0.2, 0.25) is 10.0 Å². The van der Waals surface area contributed by atoms with Crippen molar-refractivity contribution < 1.29 is 17.6 Å². The lowest BCUT2D eigenvalue weighted by molar-refractivity contribution is 0.0691. The molecule has 0 aliphatic carbocycles. The van der Waals surface area contributed by atoms with Crippen molar-refractivity contribution >= 4 is 31.9 Å². The number of amides is 1.